The van der Waals surface area contributed by atoms with Gasteiger partial charge in [-0.2, -0.15) is 18.4 Å². The Kier molecular flexibility index (Phi) is 5.97. The molecule has 1 aliphatic heterocycles. The third-order valence-electron chi connectivity index (χ3n) is 4.55. The van der Waals surface area contributed by atoms with Gasteiger partial charge in [0.05, 0.1) is 23.8 Å². The first-order valence-electron chi connectivity index (χ1n) is 9.13. The molecule has 0 aliphatic carbocycles. The summed E-state index contributed by atoms with van der Waals surface area (Å²) in [6, 6.07) is 10.1. The lowest BCUT2D eigenvalue weighted by molar-refractivity contribution is -0.137. The zero-order valence-electron chi connectivity index (χ0n) is 15.8. The summed E-state index contributed by atoms with van der Waals surface area (Å²) in [6.07, 6.45) is -3.37. The highest BCUT2D eigenvalue weighted by Crippen LogP contribution is 2.35. The summed E-state index contributed by atoms with van der Waals surface area (Å²) in [5, 5.41) is 8.99. The van der Waals surface area contributed by atoms with E-state index < -0.39 is 11.7 Å². The number of ether oxygens (including phenoxy) is 2. The molecule has 0 saturated carbocycles. The molecule has 0 atom stereocenters. The molecule has 1 aliphatic rings. The van der Waals surface area contributed by atoms with Gasteiger partial charge in [0.2, 0.25) is 0 Å². The number of benzene rings is 2. The van der Waals surface area contributed by atoms with Crippen LogP contribution in [0.1, 0.15) is 30.0 Å². The fourth-order valence-corrected chi connectivity index (χ4v) is 3.22. The van der Waals surface area contributed by atoms with E-state index in [0.717, 1.165) is 12.1 Å². The molecule has 2 aromatic carbocycles. The second-order valence-corrected chi connectivity index (χ2v) is 6.49. The fourth-order valence-electron chi connectivity index (χ4n) is 3.22. The monoisotopic (exact) mass is 404 g/mol. The second kappa shape index (κ2) is 8.43. The van der Waals surface area contributed by atoms with Gasteiger partial charge in [0.15, 0.2) is 18.1 Å². The number of rotatable bonds is 5. The van der Waals surface area contributed by atoms with Crippen LogP contribution in [-0.4, -0.2) is 25.7 Å². The highest BCUT2D eigenvalue weighted by Gasteiger charge is 2.32. The van der Waals surface area contributed by atoms with Crippen LogP contribution in [0.15, 0.2) is 36.4 Å². The molecule has 1 heterocycles. The Balaban J connectivity index is 1.76. The van der Waals surface area contributed by atoms with Crippen molar-refractivity contribution in [2.45, 2.75) is 25.9 Å². The minimum Gasteiger partial charge on any atom is -0.490 e. The van der Waals surface area contributed by atoms with E-state index in [9.17, 15) is 18.0 Å². The molecular weight excluding hydrogens is 385 g/mol. The lowest BCUT2D eigenvalue weighted by Gasteiger charge is -2.30. The Morgan fingerprint density at radius 3 is 2.66 bits per heavy atom. The molecule has 2 aromatic rings. The third-order valence-corrected chi connectivity index (χ3v) is 4.55. The van der Waals surface area contributed by atoms with Gasteiger partial charge in [-0.25, -0.2) is 0 Å². The van der Waals surface area contributed by atoms with Gasteiger partial charge in [0, 0.05) is 18.3 Å². The molecule has 0 spiro atoms. The second-order valence-electron chi connectivity index (χ2n) is 6.49. The van der Waals surface area contributed by atoms with Gasteiger partial charge in [-0.3, -0.25) is 4.79 Å². The maximum Gasteiger partial charge on any atom is 0.416 e. The number of hydrogen-bond acceptors (Lipinski definition) is 4. The van der Waals surface area contributed by atoms with Crippen LogP contribution in [0.5, 0.6) is 11.5 Å². The van der Waals surface area contributed by atoms with E-state index in [0.29, 0.717) is 54.3 Å². The number of fused-ring (bicyclic) bond motifs is 1. The first-order valence-corrected chi connectivity index (χ1v) is 9.13. The minimum atomic E-state index is -4.42. The summed E-state index contributed by atoms with van der Waals surface area (Å²) >= 11 is 0. The van der Waals surface area contributed by atoms with Crippen LogP contribution in [0, 0.1) is 11.3 Å². The van der Waals surface area contributed by atoms with E-state index in [4.69, 9.17) is 14.7 Å². The number of hydrogen-bond donors (Lipinski definition) is 0. The van der Waals surface area contributed by atoms with E-state index in [2.05, 4.69) is 0 Å². The van der Waals surface area contributed by atoms with E-state index in [1.807, 2.05) is 6.07 Å². The van der Waals surface area contributed by atoms with Gasteiger partial charge in [-0.15, -0.1) is 0 Å². The van der Waals surface area contributed by atoms with Crippen LogP contribution < -0.4 is 14.4 Å². The SMILES string of the molecule is CCOc1cc(C#N)ccc1OCC(=O)N1CCCc2cc(C(F)(F)F)ccc21. The molecule has 0 radical (unpaired) electrons. The maximum atomic E-state index is 12.9. The Morgan fingerprint density at radius 2 is 1.97 bits per heavy atom. The summed E-state index contributed by atoms with van der Waals surface area (Å²) in [5.41, 5.74) is 0.647. The molecule has 0 unspecified atom stereocenters. The van der Waals surface area contributed by atoms with Gasteiger partial charge < -0.3 is 14.4 Å². The van der Waals surface area contributed by atoms with E-state index in [-0.39, 0.29) is 12.5 Å². The number of nitrogens with zero attached hydrogens (tertiary/aromatic N) is 2. The molecule has 1 amide bonds. The largest absolute Gasteiger partial charge is 0.490 e. The number of halogens is 3. The Bertz CT molecular complexity index is 951. The summed E-state index contributed by atoms with van der Waals surface area (Å²) in [7, 11) is 0. The number of alkyl halides is 3. The molecule has 0 aromatic heterocycles. The van der Waals surface area contributed by atoms with Crippen LogP contribution in [-0.2, 0) is 17.4 Å². The van der Waals surface area contributed by atoms with Crippen LogP contribution in [0.25, 0.3) is 0 Å². The van der Waals surface area contributed by atoms with Crippen LogP contribution in [0.4, 0.5) is 18.9 Å². The molecule has 152 valence electrons. The quantitative estimate of drug-likeness (QED) is 0.744. The topological polar surface area (TPSA) is 62.6 Å². The molecule has 8 heteroatoms. The summed E-state index contributed by atoms with van der Waals surface area (Å²) < 4.78 is 49.9. The number of nitriles is 1. The van der Waals surface area contributed by atoms with Gasteiger partial charge in [-0.1, -0.05) is 0 Å². The normalized spacial score (nSPS) is 13.4. The van der Waals surface area contributed by atoms with Crippen molar-refractivity contribution in [2.24, 2.45) is 0 Å². The van der Waals surface area contributed by atoms with E-state index in [1.165, 1.54) is 17.0 Å². The lowest BCUT2D eigenvalue weighted by Crippen LogP contribution is -2.38. The number of amides is 1. The minimum absolute atomic E-state index is 0.299. The van der Waals surface area contributed by atoms with Crippen molar-refractivity contribution < 1.29 is 27.4 Å². The van der Waals surface area contributed by atoms with Gasteiger partial charge in [0.1, 0.15) is 0 Å². The first kappa shape index (κ1) is 20.5. The van der Waals surface area contributed by atoms with Crippen molar-refractivity contribution in [1.82, 2.24) is 0 Å². The highest BCUT2D eigenvalue weighted by atomic mass is 19.4. The summed E-state index contributed by atoms with van der Waals surface area (Å²) in [5.74, 6) is 0.314. The van der Waals surface area contributed by atoms with Gasteiger partial charge >= 0.3 is 6.18 Å². The lowest BCUT2D eigenvalue weighted by atomic mass is 9.99. The van der Waals surface area contributed by atoms with Crippen molar-refractivity contribution in [3.63, 3.8) is 0 Å². The van der Waals surface area contributed by atoms with Crippen LogP contribution in [0.2, 0.25) is 0 Å². The van der Waals surface area contributed by atoms with Gasteiger partial charge in [-0.05, 0) is 55.7 Å². The molecule has 0 N–H and O–H groups in total. The molecule has 0 bridgehead atoms. The van der Waals surface area contributed by atoms with Crippen LogP contribution in [0.3, 0.4) is 0 Å². The molecule has 29 heavy (non-hydrogen) atoms. The highest BCUT2D eigenvalue weighted by molar-refractivity contribution is 5.95. The predicted molar refractivity (Wildman–Crippen MR) is 99.9 cm³/mol. The Hall–Kier alpha value is -3.21. The molecule has 0 fully saturated rings. The van der Waals surface area contributed by atoms with Gasteiger partial charge in [0.25, 0.3) is 5.91 Å². The first-order chi connectivity index (χ1) is 13.8. The number of carbonyl (C=O) groups is 1. The summed E-state index contributed by atoms with van der Waals surface area (Å²) in [6.45, 7) is 2.26. The number of anilines is 1. The average Bonchev–Trinajstić information content (AvgIpc) is 2.71. The average molecular weight is 404 g/mol. The van der Waals surface area contributed by atoms with Crippen molar-refractivity contribution in [1.29, 1.82) is 5.26 Å². The standard InChI is InChI=1S/C21H19F3N2O3/c1-2-28-19-10-14(12-25)5-8-18(19)29-13-20(27)26-9-3-4-15-11-16(21(22,23)24)6-7-17(15)26/h5-8,10-11H,2-4,9,13H2,1H3. The molecule has 5 nitrogen and oxygen atoms in total. The molecular formula is C21H19F3N2O3. The summed E-state index contributed by atoms with van der Waals surface area (Å²) in [4.78, 5) is 14.1. The zero-order chi connectivity index (χ0) is 21.0. The van der Waals surface area contributed by atoms with Crippen molar-refractivity contribution in [2.75, 3.05) is 24.7 Å². The van der Waals surface area contributed by atoms with Crippen molar-refractivity contribution in [3.8, 4) is 17.6 Å². The Morgan fingerprint density at radius 1 is 1.17 bits per heavy atom. The molecule has 0 saturated heterocycles. The van der Waals surface area contributed by atoms with E-state index in [1.54, 1.807) is 19.1 Å². The fraction of sp³-hybridized carbons (Fsp3) is 0.333. The Labute approximate surface area is 166 Å². The number of carbonyl (C=O) groups excluding carboxylic acids is 1. The smallest absolute Gasteiger partial charge is 0.416 e. The third kappa shape index (κ3) is 4.62. The van der Waals surface area contributed by atoms with E-state index >= 15 is 0 Å². The molecule has 3 rings (SSSR count). The van der Waals surface area contributed by atoms with Crippen LogP contribution >= 0.6 is 0 Å². The predicted octanol–water partition coefficient (Wildman–Crippen LogP) is 4.33. The van der Waals surface area contributed by atoms with Crippen molar-refractivity contribution in [3.05, 3.63) is 53.1 Å². The zero-order valence-corrected chi connectivity index (χ0v) is 15.8. The van der Waals surface area contributed by atoms with Crippen molar-refractivity contribution >= 4 is 11.6 Å². The number of aryl methyl sites for hydroxylation is 1. The maximum absolute atomic E-state index is 12.9.